The molecular formula is C32H28N8O. The van der Waals surface area contributed by atoms with Crippen LogP contribution in [0.3, 0.4) is 0 Å². The van der Waals surface area contributed by atoms with Crippen molar-refractivity contribution in [1.82, 2.24) is 29.4 Å². The Bertz CT molecular complexity index is 1720. The highest BCUT2D eigenvalue weighted by atomic mass is 16.5. The van der Waals surface area contributed by atoms with Gasteiger partial charge in [0.1, 0.15) is 17.7 Å². The molecule has 0 saturated carbocycles. The highest BCUT2D eigenvalue weighted by Crippen LogP contribution is 2.40. The van der Waals surface area contributed by atoms with Crippen LogP contribution in [0.2, 0.25) is 0 Å². The maximum Gasteiger partial charge on any atom is 0.234 e. The van der Waals surface area contributed by atoms with Crippen LogP contribution in [0.15, 0.2) is 85.2 Å². The Labute approximate surface area is 238 Å². The second kappa shape index (κ2) is 10.8. The van der Waals surface area contributed by atoms with Gasteiger partial charge in [-0.15, -0.1) is 0 Å². The molecule has 7 rings (SSSR count). The molecule has 1 fully saturated rings. The van der Waals surface area contributed by atoms with Crippen LogP contribution in [-0.4, -0.2) is 48.5 Å². The zero-order valence-electron chi connectivity index (χ0n) is 22.4. The predicted molar refractivity (Wildman–Crippen MR) is 156 cm³/mol. The van der Waals surface area contributed by atoms with Crippen molar-refractivity contribution in [2.75, 3.05) is 18.4 Å². The van der Waals surface area contributed by atoms with Gasteiger partial charge in [0, 0.05) is 49.2 Å². The number of pyridine rings is 1. The lowest BCUT2D eigenvalue weighted by atomic mass is 10.0. The van der Waals surface area contributed by atoms with Crippen LogP contribution >= 0.6 is 0 Å². The van der Waals surface area contributed by atoms with E-state index in [2.05, 4.69) is 78.3 Å². The van der Waals surface area contributed by atoms with Gasteiger partial charge in [-0.05, 0) is 36.6 Å². The maximum atomic E-state index is 9.04. The van der Waals surface area contributed by atoms with Crippen molar-refractivity contribution in [3.05, 3.63) is 96.6 Å². The van der Waals surface area contributed by atoms with Crippen LogP contribution in [0, 0.1) is 11.3 Å². The molecule has 9 nitrogen and oxygen atoms in total. The van der Waals surface area contributed by atoms with E-state index in [4.69, 9.17) is 15.0 Å². The average molecular weight is 541 g/mol. The second-order valence-electron chi connectivity index (χ2n) is 10.3. The third-order valence-electron chi connectivity index (χ3n) is 7.69. The number of nitriles is 1. The van der Waals surface area contributed by atoms with Crippen molar-refractivity contribution in [3.63, 3.8) is 0 Å². The van der Waals surface area contributed by atoms with Gasteiger partial charge < -0.3 is 10.1 Å². The minimum atomic E-state index is 0.192. The van der Waals surface area contributed by atoms with Crippen LogP contribution in [0.1, 0.15) is 24.2 Å². The molecule has 3 aromatic heterocycles. The van der Waals surface area contributed by atoms with Crippen molar-refractivity contribution < 1.29 is 4.74 Å². The lowest BCUT2D eigenvalue weighted by Gasteiger charge is -2.32. The first-order chi connectivity index (χ1) is 20.2. The molecule has 0 unspecified atom stereocenters. The van der Waals surface area contributed by atoms with Gasteiger partial charge in [0.25, 0.3) is 0 Å². The normalized spacial score (nSPS) is 14.9. The molecule has 2 aromatic carbocycles. The number of hydrogen-bond donors (Lipinski definition) is 1. The molecule has 202 valence electrons. The third-order valence-corrected chi connectivity index (χ3v) is 7.69. The van der Waals surface area contributed by atoms with Crippen LogP contribution in [0.4, 0.5) is 5.82 Å². The Hall–Kier alpha value is -5.07. The van der Waals surface area contributed by atoms with Crippen LogP contribution in [0.25, 0.3) is 33.9 Å². The summed E-state index contributed by atoms with van der Waals surface area (Å²) in [6.45, 7) is 3.26. The molecule has 9 heteroatoms. The van der Waals surface area contributed by atoms with E-state index in [1.54, 1.807) is 12.4 Å². The number of anilines is 1. The summed E-state index contributed by atoms with van der Waals surface area (Å²) in [6, 6.07) is 27.2. The van der Waals surface area contributed by atoms with Crippen molar-refractivity contribution in [3.8, 4) is 45.9 Å². The Morgan fingerprint density at radius 2 is 1.71 bits per heavy atom. The Morgan fingerprint density at radius 3 is 2.51 bits per heavy atom. The third kappa shape index (κ3) is 5.01. The molecule has 0 amide bonds. The van der Waals surface area contributed by atoms with Gasteiger partial charge in [0.2, 0.25) is 11.7 Å². The standard InChI is InChI=1S/C32H28N8O/c33-19-28-34-16-12-27(37-28)36-25-13-17-39(18-14-25)20-22-8-10-23(11-9-22)29-30(24-5-2-1-3-6-24)40-21-41-32-26(31(40)38-29)7-4-15-35-32/h1-12,15-16,25H,13-14,17-18,20-21H2,(H,34,36,37). The Morgan fingerprint density at radius 1 is 0.878 bits per heavy atom. The van der Waals surface area contributed by atoms with E-state index in [1.807, 2.05) is 30.3 Å². The average Bonchev–Trinajstić information content (AvgIpc) is 3.43. The number of imidazole rings is 1. The number of ether oxygens (including phenoxy) is 1. The molecule has 5 heterocycles. The molecule has 1 saturated heterocycles. The fourth-order valence-corrected chi connectivity index (χ4v) is 5.64. The maximum absolute atomic E-state index is 9.04. The summed E-state index contributed by atoms with van der Waals surface area (Å²) in [7, 11) is 0. The summed E-state index contributed by atoms with van der Waals surface area (Å²) in [5.41, 5.74) is 6.34. The molecule has 0 spiro atoms. The quantitative estimate of drug-likeness (QED) is 0.307. The Kier molecular flexibility index (Phi) is 6.59. The highest BCUT2D eigenvalue weighted by molar-refractivity contribution is 5.83. The predicted octanol–water partition coefficient (Wildman–Crippen LogP) is 5.37. The van der Waals surface area contributed by atoms with Crippen molar-refractivity contribution in [2.24, 2.45) is 0 Å². The van der Waals surface area contributed by atoms with Gasteiger partial charge >= 0.3 is 0 Å². The molecule has 0 atom stereocenters. The summed E-state index contributed by atoms with van der Waals surface area (Å²) in [4.78, 5) is 20.2. The number of hydrogen-bond acceptors (Lipinski definition) is 8. The van der Waals surface area contributed by atoms with Crippen molar-refractivity contribution in [2.45, 2.75) is 32.2 Å². The van der Waals surface area contributed by atoms with E-state index in [9.17, 15) is 0 Å². The SMILES string of the molecule is N#Cc1nccc(NC2CCN(Cc3ccc(-c4nc5n(c4-c4ccccc4)COc4ncccc4-5)cc3)CC2)n1. The Balaban J connectivity index is 1.08. The number of aromatic nitrogens is 5. The fourth-order valence-electron chi connectivity index (χ4n) is 5.64. The zero-order valence-corrected chi connectivity index (χ0v) is 22.4. The fraction of sp³-hybridized carbons (Fsp3) is 0.219. The number of piperidine rings is 1. The molecular weight excluding hydrogens is 512 g/mol. The number of benzene rings is 2. The van der Waals surface area contributed by atoms with Gasteiger partial charge in [-0.3, -0.25) is 9.47 Å². The van der Waals surface area contributed by atoms with E-state index >= 15 is 0 Å². The molecule has 2 aliphatic heterocycles. The van der Waals surface area contributed by atoms with Gasteiger partial charge in [0.05, 0.1) is 17.0 Å². The zero-order chi connectivity index (χ0) is 27.6. The summed E-state index contributed by atoms with van der Waals surface area (Å²) in [5, 5.41) is 12.5. The summed E-state index contributed by atoms with van der Waals surface area (Å²) < 4.78 is 8.14. The largest absolute Gasteiger partial charge is 0.455 e. The van der Waals surface area contributed by atoms with Gasteiger partial charge in [-0.25, -0.2) is 19.9 Å². The lowest BCUT2D eigenvalue weighted by molar-refractivity contribution is 0.211. The van der Waals surface area contributed by atoms with Gasteiger partial charge in [-0.1, -0.05) is 54.6 Å². The number of rotatable bonds is 6. The first-order valence-corrected chi connectivity index (χ1v) is 13.8. The summed E-state index contributed by atoms with van der Waals surface area (Å²) >= 11 is 0. The van der Waals surface area contributed by atoms with E-state index in [1.165, 1.54) is 5.56 Å². The molecule has 0 aliphatic carbocycles. The van der Waals surface area contributed by atoms with Crippen LogP contribution < -0.4 is 10.1 Å². The number of nitrogens with one attached hydrogen (secondary N) is 1. The smallest absolute Gasteiger partial charge is 0.234 e. The highest BCUT2D eigenvalue weighted by Gasteiger charge is 2.27. The van der Waals surface area contributed by atoms with Crippen LogP contribution in [-0.2, 0) is 13.3 Å². The van der Waals surface area contributed by atoms with E-state index in [-0.39, 0.29) is 5.82 Å². The van der Waals surface area contributed by atoms with E-state index in [0.29, 0.717) is 24.5 Å². The topological polar surface area (TPSA) is 105 Å². The molecule has 0 radical (unpaired) electrons. The number of fused-ring (bicyclic) bond motifs is 3. The van der Waals surface area contributed by atoms with Gasteiger partial charge in [-0.2, -0.15) is 5.26 Å². The minimum Gasteiger partial charge on any atom is -0.455 e. The second-order valence-corrected chi connectivity index (χ2v) is 10.3. The molecule has 2 aliphatic rings. The van der Waals surface area contributed by atoms with Crippen molar-refractivity contribution in [1.29, 1.82) is 5.26 Å². The summed E-state index contributed by atoms with van der Waals surface area (Å²) in [5.74, 6) is 2.40. The summed E-state index contributed by atoms with van der Waals surface area (Å²) in [6.07, 6.45) is 5.40. The first-order valence-electron chi connectivity index (χ1n) is 13.8. The molecule has 5 aromatic rings. The van der Waals surface area contributed by atoms with E-state index < -0.39 is 0 Å². The van der Waals surface area contributed by atoms with Crippen LogP contribution in [0.5, 0.6) is 5.88 Å². The molecule has 41 heavy (non-hydrogen) atoms. The van der Waals surface area contributed by atoms with Crippen molar-refractivity contribution >= 4 is 5.82 Å². The van der Waals surface area contributed by atoms with E-state index in [0.717, 1.165) is 66.4 Å². The van der Waals surface area contributed by atoms with Gasteiger partial charge in [0.15, 0.2) is 6.73 Å². The monoisotopic (exact) mass is 540 g/mol. The minimum absolute atomic E-state index is 0.192. The molecule has 1 N–H and O–H groups in total. The molecule has 0 bridgehead atoms. The number of nitrogens with zero attached hydrogens (tertiary/aromatic N) is 7. The lowest BCUT2D eigenvalue weighted by Crippen LogP contribution is -2.38. The number of likely N-dealkylation sites (tertiary alicyclic amines) is 1. The first kappa shape index (κ1) is 24.9.